The summed E-state index contributed by atoms with van der Waals surface area (Å²) in [7, 11) is 0. The molecule has 0 aliphatic carbocycles. The first kappa shape index (κ1) is 17.1. The van der Waals surface area contributed by atoms with Gasteiger partial charge in [0.25, 0.3) is 0 Å². The largest absolute Gasteiger partial charge is 0.378 e. The van der Waals surface area contributed by atoms with E-state index in [2.05, 4.69) is 14.8 Å². The monoisotopic (exact) mass is 354 g/mol. The van der Waals surface area contributed by atoms with Crippen LogP contribution in [0.2, 0.25) is 0 Å². The van der Waals surface area contributed by atoms with E-state index in [4.69, 9.17) is 19.7 Å². The van der Waals surface area contributed by atoms with E-state index in [1.807, 2.05) is 25.3 Å². The molecular formula is C19H26N6O. The smallest absolute Gasteiger partial charge is 0.230 e. The highest BCUT2D eigenvalue weighted by Gasteiger charge is 2.20. The van der Waals surface area contributed by atoms with Crippen molar-refractivity contribution in [2.45, 2.75) is 32.6 Å². The van der Waals surface area contributed by atoms with Crippen molar-refractivity contribution in [3.05, 3.63) is 23.9 Å². The van der Waals surface area contributed by atoms with Crippen molar-refractivity contribution in [3.63, 3.8) is 0 Å². The maximum Gasteiger partial charge on any atom is 0.230 e. The zero-order chi connectivity index (χ0) is 17.8. The second-order valence-corrected chi connectivity index (χ2v) is 6.98. The van der Waals surface area contributed by atoms with Gasteiger partial charge in [0.05, 0.1) is 13.2 Å². The van der Waals surface area contributed by atoms with Crippen LogP contribution in [0.15, 0.2) is 18.3 Å². The Morgan fingerprint density at radius 2 is 1.46 bits per heavy atom. The molecule has 0 aromatic carbocycles. The molecule has 2 aromatic heterocycles. The Balaban J connectivity index is 1.71. The Kier molecular flexibility index (Phi) is 5.24. The molecule has 0 radical (unpaired) electrons. The van der Waals surface area contributed by atoms with E-state index >= 15 is 0 Å². The summed E-state index contributed by atoms with van der Waals surface area (Å²) in [5.41, 5.74) is 1.92. The van der Waals surface area contributed by atoms with Crippen molar-refractivity contribution in [2.75, 3.05) is 49.2 Å². The number of rotatable bonds is 3. The van der Waals surface area contributed by atoms with Crippen LogP contribution in [0, 0.1) is 6.92 Å². The SMILES string of the molecule is Cc1ccc(-c2nc(N3CCCCCC3)nc(N3CCOCC3)n2)nc1. The van der Waals surface area contributed by atoms with Gasteiger partial charge in [-0.25, -0.2) is 0 Å². The summed E-state index contributed by atoms with van der Waals surface area (Å²) in [6.07, 6.45) is 6.81. The summed E-state index contributed by atoms with van der Waals surface area (Å²) in [4.78, 5) is 23.3. The third kappa shape index (κ3) is 3.93. The minimum Gasteiger partial charge on any atom is -0.378 e. The van der Waals surface area contributed by atoms with Crippen molar-refractivity contribution in [1.82, 2.24) is 19.9 Å². The van der Waals surface area contributed by atoms with Crippen LogP contribution in [0.25, 0.3) is 11.5 Å². The quantitative estimate of drug-likeness (QED) is 0.839. The van der Waals surface area contributed by atoms with Crippen molar-refractivity contribution in [3.8, 4) is 11.5 Å². The van der Waals surface area contributed by atoms with Gasteiger partial charge in [-0.1, -0.05) is 18.9 Å². The first-order valence-corrected chi connectivity index (χ1v) is 9.56. The number of aromatic nitrogens is 4. The zero-order valence-electron chi connectivity index (χ0n) is 15.4. The maximum atomic E-state index is 5.48. The molecule has 4 rings (SSSR count). The molecular weight excluding hydrogens is 328 g/mol. The van der Waals surface area contributed by atoms with E-state index in [0.717, 1.165) is 49.3 Å². The second kappa shape index (κ2) is 7.95. The molecule has 0 N–H and O–H groups in total. The van der Waals surface area contributed by atoms with Gasteiger partial charge >= 0.3 is 0 Å². The summed E-state index contributed by atoms with van der Waals surface area (Å²) in [6, 6.07) is 4.03. The van der Waals surface area contributed by atoms with Gasteiger partial charge in [-0.05, 0) is 31.4 Å². The van der Waals surface area contributed by atoms with Crippen molar-refractivity contribution in [1.29, 1.82) is 0 Å². The lowest BCUT2D eigenvalue weighted by molar-refractivity contribution is 0.122. The Morgan fingerprint density at radius 1 is 0.808 bits per heavy atom. The molecule has 0 spiro atoms. The molecule has 2 fully saturated rings. The van der Waals surface area contributed by atoms with Gasteiger partial charge in [0, 0.05) is 32.4 Å². The van der Waals surface area contributed by atoms with Crippen LogP contribution in [0.4, 0.5) is 11.9 Å². The van der Waals surface area contributed by atoms with Gasteiger partial charge in [-0.3, -0.25) is 4.98 Å². The number of ether oxygens (including phenoxy) is 1. The van der Waals surface area contributed by atoms with Crippen LogP contribution in [-0.2, 0) is 4.74 Å². The third-order valence-corrected chi connectivity index (χ3v) is 4.94. The molecule has 2 saturated heterocycles. The molecule has 0 unspecified atom stereocenters. The van der Waals surface area contributed by atoms with E-state index in [0.29, 0.717) is 19.0 Å². The van der Waals surface area contributed by atoms with Gasteiger partial charge < -0.3 is 14.5 Å². The topological polar surface area (TPSA) is 67.3 Å². The van der Waals surface area contributed by atoms with Crippen molar-refractivity contribution >= 4 is 11.9 Å². The van der Waals surface area contributed by atoms with Gasteiger partial charge in [-0.2, -0.15) is 15.0 Å². The molecule has 2 aliphatic heterocycles. The Labute approximate surface area is 154 Å². The number of hydrogen-bond acceptors (Lipinski definition) is 7. The molecule has 7 nitrogen and oxygen atoms in total. The average Bonchev–Trinajstić information content (AvgIpc) is 2.98. The second-order valence-electron chi connectivity index (χ2n) is 6.98. The Bertz CT molecular complexity index is 721. The Hall–Kier alpha value is -2.28. The molecule has 2 aliphatic rings. The fraction of sp³-hybridized carbons (Fsp3) is 0.579. The first-order valence-electron chi connectivity index (χ1n) is 9.56. The van der Waals surface area contributed by atoms with E-state index in [1.54, 1.807) is 0 Å². The molecule has 0 amide bonds. The minimum atomic E-state index is 0.653. The van der Waals surface area contributed by atoms with Gasteiger partial charge in [0.15, 0.2) is 5.82 Å². The van der Waals surface area contributed by atoms with Crippen LogP contribution < -0.4 is 9.80 Å². The molecule has 4 heterocycles. The van der Waals surface area contributed by atoms with Crippen LogP contribution in [0.1, 0.15) is 31.2 Å². The van der Waals surface area contributed by atoms with Gasteiger partial charge in [-0.15, -0.1) is 0 Å². The number of aryl methyl sites for hydroxylation is 1. The Morgan fingerprint density at radius 3 is 2.08 bits per heavy atom. The van der Waals surface area contributed by atoms with Crippen LogP contribution in [0.5, 0.6) is 0 Å². The molecule has 7 heteroatoms. The summed E-state index contributed by atoms with van der Waals surface area (Å²) >= 11 is 0. The van der Waals surface area contributed by atoms with Crippen LogP contribution in [0.3, 0.4) is 0 Å². The highest BCUT2D eigenvalue weighted by atomic mass is 16.5. The lowest BCUT2D eigenvalue weighted by Crippen LogP contribution is -2.38. The van der Waals surface area contributed by atoms with E-state index < -0.39 is 0 Å². The predicted octanol–water partition coefficient (Wildman–Crippen LogP) is 2.46. The summed E-state index contributed by atoms with van der Waals surface area (Å²) in [5, 5.41) is 0. The van der Waals surface area contributed by atoms with Gasteiger partial charge in [0.2, 0.25) is 11.9 Å². The fourth-order valence-electron chi connectivity index (χ4n) is 3.39. The van der Waals surface area contributed by atoms with E-state index in [9.17, 15) is 0 Å². The molecule has 0 saturated carbocycles. The first-order chi connectivity index (χ1) is 12.8. The lowest BCUT2D eigenvalue weighted by Gasteiger charge is -2.28. The highest BCUT2D eigenvalue weighted by Crippen LogP contribution is 2.23. The molecule has 0 atom stereocenters. The standard InChI is InChI=1S/C19H26N6O/c1-15-6-7-16(20-14-15)17-21-18(24-8-4-2-3-5-9-24)23-19(22-17)25-10-12-26-13-11-25/h6-7,14H,2-5,8-13H2,1H3. The maximum absolute atomic E-state index is 5.48. The zero-order valence-corrected chi connectivity index (χ0v) is 15.4. The van der Waals surface area contributed by atoms with E-state index in [-0.39, 0.29) is 0 Å². The number of anilines is 2. The number of pyridine rings is 1. The van der Waals surface area contributed by atoms with E-state index in [1.165, 1.54) is 25.7 Å². The van der Waals surface area contributed by atoms with Crippen LogP contribution >= 0.6 is 0 Å². The highest BCUT2D eigenvalue weighted by molar-refractivity contribution is 5.55. The van der Waals surface area contributed by atoms with Crippen LogP contribution in [-0.4, -0.2) is 59.3 Å². The minimum absolute atomic E-state index is 0.653. The fourth-order valence-corrected chi connectivity index (χ4v) is 3.39. The molecule has 138 valence electrons. The summed E-state index contributed by atoms with van der Waals surface area (Å²) in [5.74, 6) is 2.17. The average molecular weight is 354 g/mol. The van der Waals surface area contributed by atoms with Crippen molar-refractivity contribution < 1.29 is 4.74 Å². The molecule has 2 aromatic rings. The lowest BCUT2D eigenvalue weighted by atomic mass is 10.2. The van der Waals surface area contributed by atoms with Gasteiger partial charge in [0.1, 0.15) is 5.69 Å². The number of hydrogen-bond donors (Lipinski definition) is 0. The summed E-state index contributed by atoms with van der Waals surface area (Å²) in [6.45, 7) is 7.09. The molecule has 26 heavy (non-hydrogen) atoms. The third-order valence-electron chi connectivity index (χ3n) is 4.94. The summed E-state index contributed by atoms with van der Waals surface area (Å²) < 4.78 is 5.48. The molecule has 0 bridgehead atoms. The normalized spacial score (nSPS) is 18.7. The number of morpholine rings is 1. The predicted molar refractivity (Wildman–Crippen MR) is 102 cm³/mol. The van der Waals surface area contributed by atoms with Crippen molar-refractivity contribution in [2.24, 2.45) is 0 Å². The number of nitrogens with zero attached hydrogens (tertiary/aromatic N) is 6.